The Morgan fingerprint density at radius 2 is 1.27 bits per heavy atom. The molecule has 72 valence electrons. The van der Waals surface area contributed by atoms with Gasteiger partial charge in [0.1, 0.15) is 0 Å². The van der Waals surface area contributed by atoms with E-state index in [4.69, 9.17) is 11.5 Å². The monoisotopic (exact) mass is 213 g/mol. The number of rotatable bonds is 0. The van der Waals surface area contributed by atoms with Crippen molar-refractivity contribution in [2.45, 2.75) is 0 Å². The normalized spacial score (nSPS) is 12.7. The first kappa shape index (κ1) is 8.87. The second kappa shape index (κ2) is 3.32. The molecule has 2 aromatic rings. The van der Waals surface area contributed by atoms with Gasteiger partial charge in [0.05, 0.1) is 0 Å². The Morgan fingerprint density at radius 3 is 1.80 bits per heavy atom. The molecule has 0 fully saturated rings. The quantitative estimate of drug-likeness (QED) is 0.661. The molecule has 1 aliphatic rings. The van der Waals surface area contributed by atoms with Crippen molar-refractivity contribution in [1.82, 2.24) is 0 Å². The van der Waals surface area contributed by atoms with Gasteiger partial charge in [-0.1, -0.05) is 36.4 Å². The Morgan fingerprint density at radius 1 is 0.800 bits per heavy atom. The lowest BCUT2D eigenvalue weighted by Gasteiger charge is -2.23. The number of fused-ring (bicyclic) bond motifs is 2. The van der Waals surface area contributed by atoms with Gasteiger partial charge in [0.15, 0.2) is 0 Å². The molecule has 1 heterocycles. The molecule has 0 saturated carbocycles. The third-order valence-electron chi connectivity index (χ3n) is 2.74. The zero-order chi connectivity index (χ0) is 10.3. The molecular formula is C12H9BClN. The predicted molar refractivity (Wildman–Crippen MR) is 67.0 cm³/mol. The van der Waals surface area contributed by atoms with Crippen molar-refractivity contribution in [3.05, 3.63) is 48.5 Å². The van der Waals surface area contributed by atoms with Crippen LogP contribution >= 0.6 is 11.5 Å². The Balaban J connectivity index is 2.20. The van der Waals surface area contributed by atoms with E-state index in [1.54, 1.807) is 0 Å². The van der Waals surface area contributed by atoms with Gasteiger partial charge < -0.3 is 5.32 Å². The molecule has 0 amide bonds. The van der Waals surface area contributed by atoms with E-state index in [2.05, 4.69) is 29.6 Å². The van der Waals surface area contributed by atoms with Crippen LogP contribution in [0.15, 0.2) is 48.5 Å². The molecule has 0 bridgehead atoms. The lowest BCUT2D eigenvalue weighted by atomic mass is 9.59. The zero-order valence-electron chi connectivity index (χ0n) is 8.07. The standard InChI is InChI=1S/C12H9BClN/c14-13-9-5-1-3-7-11(9)15-12-8-4-2-6-10(12)13/h1-8,15H. The number of hydrogen-bond donors (Lipinski definition) is 1. The summed E-state index contributed by atoms with van der Waals surface area (Å²) in [6.07, 6.45) is -0.0429. The lowest BCUT2D eigenvalue weighted by molar-refractivity contribution is 1.57. The van der Waals surface area contributed by atoms with Crippen LogP contribution in [0, 0.1) is 0 Å². The third-order valence-corrected chi connectivity index (χ3v) is 3.21. The molecule has 0 atom stereocenters. The van der Waals surface area contributed by atoms with E-state index in [-0.39, 0.29) is 6.13 Å². The lowest BCUT2D eigenvalue weighted by Crippen LogP contribution is -2.43. The second-order valence-corrected chi connectivity index (χ2v) is 4.10. The highest BCUT2D eigenvalue weighted by Crippen LogP contribution is 2.20. The predicted octanol–water partition coefficient (Wildman–Crippen LogP) is 2.09. The fourth-order valence-electron chi connectivity index (χ4n) is 1.98. The largest absolute Gasteiger partial charge is 0.356 e. The fourth-order valence-corrected chi connectivity index (χ4v) is 2.36. The van der Waals surface area contributed by atoms with Crippen LogP contribution in [0.3, 0.4) is 0 Å². The van der Waals surface area contributed by atoms with Crippen molar-refractivity contribution in [2.75, 3.05) is 5.32 Å². The first-order chi connectivity index (χ1) is 7.36. The van der Waals surface area contributed by atoms with Crippen LogP contribution in [0.2, 0.25) is 0 Å². The van der Waals surface area contributed by atoms with Crippen molar-refractivity contribution < 1.29 is 0 Å². The molecule has 0 spiro atoms. The summed E-state index contributed by atoms with van der Waals surface area (Å²) in [5.74, 6) is 0. The summed E-state index contributed by atoms with van der Waals surface area (Å²) in [5, 5.41) is 3.39. The molecule has 1 nitrogen and oxygen atoms in total. The molecule has 0 aromatic heterocycles. The fraction of sp³-hybridized carbons (Fsp3) is 0. The van der Waals surface area contributed by atoms with E-state index in [9.17, 15) is 0 Å². The average Bonchev–Trinajstić information content (AvgIpc) is 2.30. The number of anilines is 2. The minimum atomic E-state index is -0.0429. The summed E-state index contributed by atoms with van der Waals surface area (Å²) in [4.78, 5) is 0. The molecule has 0 unspecified atom stereocenters. The van der Waals surface area contributed by atoms with Crippen LogP contribution in [-0.4, -0.2) is 6.13 Å². The molecular weight excluding hydrogens is 204 g/mol. The smallest absolute Gasteiger partial charge is 0.319 e. The summed E-state index contributed by atoms with van der Waals surface area (Å²) >= 11 is 6.44. The van der Waals surface area contributed by atoms with Gasteiger partial charge in [0, 0.05) is 11.4 Å². The highest BCUT2D eigenvalue weighted by Gasteiger charge is 2.26. The molecule has 3 heteroatoms. The van der Waals surface area contributed by atoms with Gasteiger partial charge in [-0.25, -0.2) is 0 Å². The van der Waals surface area contributed by atoms with Crippen molar-refractivity contribution in [1.29, 1.82) is 0 Å². The van der Waals surface area contributed by atoms with Crippen molar-refractivity contribution >= 4 is 39.9 Å². The summed E-state index contributed by atoms with van der Waals surface area (Å²) < 4.78 is 0. The van der Waals surface area contributed by atoms with Gasteiger partial charge in [-0.2, -0.15) is 11.5 Å². The molecule has 0 saturated heterocycles. The van der Waals surface area contributed by atoms with Crippen LogP contribution < -0.4 is 16.2 Å². The molecule has 1 N–H and O–H groups in total. The van der Waals surface area contributed by atoms with Gasteiger partial charge in [-0.3, -0.25) is 0 Å². The molecule has 15 heavy (non-hydrogen) atoms. The Hall–Kier alpha value is -1.41. The van der Waals surface area contributed by atoms with Gasteiger partial charge in [0.2, 0.25) is 0 Å². The number of hydrogen-bond acceptors (Lipinski definition) is 1. The van der Waals surface area contributed by atoms with Gasteiger partial charge in [0.25, 0.3) is 0 Å². The number of halogens is 1. The Labute approximate surface area is 94.1 Å². The van der Waals surface area contributed by atoms with Crippen LogP contribution in [0.1, 0.15) is 0 Å². The van der Waals surface area contributed by atoms with Gasteiger partial charge in [-0.15, -0.1) is 0 Å². The number of nitrogens with one attached hydrogen (secondary N) is 1. The first-order valence-corrected chi connectivity index (χ1v) is 5.39. The van der Waals surface area contributed by atoms with Crippen molar-refractivity contribution in [3.63, 3.8) is 0 Å². The summed E-state index contributed by atoms with van der Waals surface area (Å²) in [6.45, 7) is 0. The third kappa shape index (κ3) is 1.33. The average molecular weight is 213 g/mol. The summed E-state index contributed by atoms with van der Waals surface area (Å²) in [6, 6.07) is 16.3. The minimum Gasteiger partial charge on any atom is -0.356 e. The summed E-state index contributed by atoms with van der Waals surface area (Å²) in [7, 11) is 0. The summed E-state index contributed by atoms with van der Waals surface area (Å²) in [5.41, 5.74) is 4.52. The topological polar surface area (TPSA) is 12.0 Å². The zero-order valence-corrected chi connectivity index (χ0v) is 8.83. The van der Waals surface area contributed by atoms with E-state index < -0.39 is 0 Å². The van der Waals surface area contributed by atoms with E-state index in [0.29, 0.717) is 0 Å². The van der Waals surface area contributed by atoms with Crippen LogP contribution in [0.4, 0.5) is 11.4 Å². The maximum Gasteiger partial charge on any atom is 0.319 e. The number of para-hydroxylation sites is 2. The maximum atomic E-state index is 6.44. The van der Waals surface area contributed by atoms with Gasteiger partial charge in [-0.05, 0) is 23.1 Å². The van der Waals surface area contributed by atoms with Crippen LogP contribution in [-0.2, 0) is 0 Å². The van der Waals surface area contributed by atoms with E-state index in [1.807, 2.05) is 24.3 Å². The first-order valence-electron chi connectivity index (χ1n) is 4.95. The second-order valence-electron chi connectivity index (χ2n) is 3.66. The van der Waals surface area contributed by atoms with Crippen LogP contribution in [0.5, 0.6) is 0 Å². The SMILES string of the molecule is ClB1c2ccccc2Nc2ccccc21. The number of benzene rings is 2. The van der Waals surface area contributed by atoms with Crippen LogP contribution in [0.25, 0.3) is 0 Å². The molecule has 0 radical (unpaired) electrons. The molecule has 1 aliphatic heterocycles. The maximum absolute atomic E-state index is 6.44. The van der Waals surface area contributed by atoms with E-state index in [1.165, 1.54) is 0 Å². The minimum absolute atomic E-state index is 0.0429. The van der Waals surface area contributed by atoms with E-state index in [0.717, 1.165) is 22.3 Å². The molecule has 3 rings (SSSR count). The Kier molecular flexibility index (Phi) is 1.96. The highest BCUT2D eigenvalue weighted by molar-refractivity contribution is 7.22. The molecule has 0 aliphatic carbocycles. The van der Waals surface area contributed by atoms with Crippen molar-refractivity contribution in [2.24, 2.45) is 0 Å². The Bertz CT molecular complexity index is 467. The van der Waals surface area contributed by atoms with Crippen molar-refractivity contribution in [3.8, 4) is 0 Å². The highest BCUT2D eigenvalue weighted by atomic mass is 35.5. The van der Waals surface area contributed by atoms with E-state index >= 15 is 0 Å². The van der Waals surface area contributed by atoms with Gasteiger partial charge >= 0.3 is 6.13 Å². The molecule has 2 aromatic carbocycles.